The van der Waals surface area contributed by atoms with E-state index < -0.39 is 29.7 Å². The summed E-state index contributed by atoms with van der Waals surface area (Å²) >= 11 is 0. The number of likely N-dealkylation sites (N-methyl/N-ethyl adjacent to an activating group) is 1. The molecule has 140 valence electrons. The molecule has 1 unspecified atom stereocenters. The second-order valence-corrected chi connectivity index (χ2v) is 5.70. The van der Waals surface area contributed by atoms with Crippen molar-refractivity contribution in [3.63, 3.8) is 0 Å². The van der Waals surface area contributed by atoms with Gasteiger partial charge in [-0.15, -0.1) is 0 Å². The molecule has 0 bridgehead atoms. The molecular weight excluding hydrogens is 332 g/mol. The summed E-state index contributed by atoms with van der Waals surface area (Å²) in [5, 5.41) is 11.6. The fourth-order valence-corrected chi connectivity index (χ4v) is 2.44. The highest BCUT2D eigenvalue weighted by Crippen LogP contribution is 2.07. The maximum absolute atomic E-state index is 12.5. The first kappa shape index (κ1) is 20.4. The number of carboxylic acids is 1. The van der Waals surface area contributed by atoms with Gasteiger partial charge in [0.25, 0.3) is 0 Å². The van der Waals surface area contributed by atoms with Crippen molar-refractivity contribution in [3.8, 4) is 0 Å². The Hall–Kier alpha value is -2.65. The minimum Gasteiger partial charge on any atom is -0.480 e. The quantitative estimate of drug-likeness (QED) is 0.490. The van der Waals surface area contributed by atoms with Crippen LogP contribution in [-0.2, 0) is 24.0 Å². The van der Waals surface area contributed by atoms with Crippen LogP contribution in [0.15, 0.2) is 0 Å². The van der Waals surface area contributed by atoms with E-state index in [1.54, 1.807) is 6.92 Å². The zero-order chi connectivity index (χ0) is 19.1. The van der Waals surface area contributed by atoms with Crippen molar-refractivity contribution >= 4 is 29.6 Å². The number of hydrogen-bond donors (Lipinski definition) is 2. The monoisotopic (exact) mass is 356 g/mol. The number of carboxylic acid groups (broad SMARTS) is 1. The van der Waals surface area contributed by atoms with Crippen molar-refractivity contribution in [1.29, 1.82) is 0 Å². The molecule has 1 saturated heterocycles. The van der Waals surface area contributed by atoms with E-state index in [1.165, 1.54) is 18.7 Å². The van der Waals surface area contributed by atoms with Gasteiger partial charge in [0, 0.05) is 39.6 Å². The van der Waals surface area contributed by atoms with E-state index in [0.29, 0.717) is 13.1 Å². The average molecular weight is 356 g/mol. The Balaban J connectivity index is 2.77. The SMILES string of the molecule is CCN1CCN(CC(=O)N(CCNC(C)=O)C(C)C(=O)O)C(=O)C1=O. The van der Waals surface area contributed by atoms with Crippen LogP contribution in [0.3, 0.4) is 0 Å². The van der Waals surface area contributed by atoms with Crippen molar-refractivity contribution in [1.82, 2.24) is 20.0 Å². The third-order valence-electron chi connectivity index (χ3n) is 3.98. The summed E-state index contributed by atoms with van der Waals surface area (Å²) in [4.78, 5) is 62.1. The Bertz CT molecular complexity index is 564. The minimum atomic E-state index is -1.20. The van der Waals surface area contributed by atoms with Crippen LogP contribution in [-0.4, -0.2) is 94.7 Å². The molecular formula is C15H24N4O6. The molecule has 0 radical (unpaired) electrons. The lowest BCUT2D eigenvalue weighted by molar-refractivity contribution is -0.158. The van der Waals surface area contributed by atoms with Gasteiger partial charge in [0.2, 0.25) is 11.8 Å². The van der Waals surface area contributed by atoms with E-state index in [-0.39, 0.29) is 32.1 Å². The smallest absolute Gasteiger partial charge is 0.326 e. The predicted octanol–water partition coefficient (Wildman–Crippen LogP) is -1.89. The van der Waals surface area contributed by atoms with E-state index in [9.17, 15) is 24.0 Å². The van der Waals surface area contributed by atoms with Crippen LogP contribution >= 0.6 is 0 Å². The number of nitrogens with one attached hydrogen (secondary N) is 1. The average Bonchev–Trinajstić information content (AvgIpc) is 2.55. The summed E-state index contributed by atoms with van der Waals surface area (Å²) < 4.78 is 0. The Morgan fingerprint density at radius 2 is 1.76 bits per heavy atom. The Kier molecular flexibility index (Phi) is 7.34. The zero-order valence-corrected chi connectivity index (χ0v) is 14.7. The lowest BCUT2D eigenvalue weighted by atomic mass is 10.2. The van der Waals surface area contributed by atoms with E-state index in [2.05, 4.69) is 5.32 Å². The van der Waals surface area contributed by atoms with Crippen molar-refractivity contribution in [2.24, 2.45) is 0 Å². The number of carbonyl (C=O) groups is 5. The number of rotatable bonds is 8. The maximum Gasteiger partial charge on any atom is 0.326 e. The predicted molar refractivity (Wildman–Crippen MR) is 86.3 cm³/mol. The van der Waals surface area contributed by atoms with Crippen LogP contribution in [0.1, 0.15) is 20.8 Å². The lowest BCUT2D eigenvalue weighted by Gasteiger charge is -2.34. The zero-order valence-electron chi connectivity index (χ0n) is 14.7. The highest BCUT2D eigenvalue weighted by Gasteiger charge is 2.34. The van der Waals surface area contributed by atoms with Crippen LogP contribution in [0.25, 0.3) is 0 Å². The Morgan fingerprint density at radius 3 is 2.28 bits per heavy atom. The molecule has 1 heterocycles. The van der Waals surface area contributed by atoms with Gasteiger partial charge in [-0.05, 0) is 13.8 Å². The summed E-state index contributed by atoms with van der Waals surface area (Å²) in [6.07, 6.45) is 0. The molecule has 0 saturated carbocycles. The molecule has 2 N–H and O–H groups in total. The first-order valence-corrected chi connectivity index (χ1v) is 8.03. The van der Waals surface area contributed by atoms with Crippen molar-refractivity contribution < 1.29 is 29.1 Å². The van der Waals surface area contributed by atoms with E-state index >= 15 is 0 Å². The van der Waals surface area contributed by atoms with Gasteiger partial charge in [0.15, 0.2) is 0 Å². The van der Waals surface area contributed by atoms with Crippen molar-refractivity contribution in [2.45, 2.75) is 26.8 Å². The van der Waals surface area contributed by atoms with Gasteiger partial charge in [0.1, 0.15) is 12.6 Å². The molecule has 1 aliphatic heterocycles. The number of piperazine rings is 1. The molecule has 1 rings (SSSR count). The van der Waals surface area contributed by atoms with Gasteiger partial charge in [-0.25, -0.2) is 4.79 Å². The molecule has 25 heavy (non-hydrogen) atoms. The molecule has 0 spiro atoms. The highest BCUT2D eigenvalue weighted by atomic mass is 16.4. The second-order valence-electron chi connectivity index (χ2n) is 5.70. The molecule has 0 aromatic carbocycles. The third-order valence-corrected chi connectivity index (χ3v) is 3.98. The van der Waals surface area contributed by atoms with Crippen LogP contribution in [0.4, 0.5) is 0 Å². The molecule has 0 aliphatic carbocycles. The lowest BCUT2D eigenvalue weighted by Crippen LogP contribution is -2.57. The molecule has 10 nitrogen and oxygen atoms in total. The molecule has 4 amide bonds. The standard InChI is InChI=1S/C15H24N4O6/c1-4-17-7-8-18(14(23)13(17)22)9-12(21)19(10(2)15(24)25)6-5-16-11(3)20/h10H,4-9H2,1-3H3,(H,16,20)(H,24,25). The summed E-state index contributed by atoms with van der Waals surface area (Å²) in [6.45, 7) is 5.06. The van der Waals surface area contributed by atoms with E-state index in [1.807, 2.05) is 0 Å². The Labute approximate surface area is 145 Å². The molecule has 0 aromatic rings. The summed E-state index contributed by atoms with van der Waals surface area (Å²) in [5.74, 6) is -3.53. The minimum absolute atomic E-state index is 0.0110. The number of hydrogen-bond acceptors (Lipinski definition) is 5. The fourth-order valence-electron chi connectivity index (χ4n) is 2.44. The van der Waals surface area contributed by atoms with Gasteiger partial charge in [-0.2, -0.15) is 0 Å². The fraction of sp³-hybridized carbons (Fsp3) is 0.667. The largest absolute Gasteiger partial charge is 0.480 e. The maximum atomic E-state index is 12.5. The van der Waals surface area contributed by atoms with Crippen LogP contribution in [0.5, 0.6) is 0 Å². The van der Waals surface area contributed by atoms with Gasteiger partial charge < -0.3 is 25.1 Å². The Morgan fingerprint density at radius 1 is 1.20 bits per heavy atom. The molecule has 1 atom stereocenters. The third kappa shape index (κ3) is 5.44. The summed E-state index contributed by atoms with van der Waals surface area (Å²) in [5.41, 5.74) is 0. The summed E-state index contributed by atoms with van der Waals surface area (Å²) in [6, 6.07) is -1.12. The highest BCUT2D eigenvalue weighted by molar-refractivity contribution is 6.35. The van der Waals surface area contributed by atoms with Crippen molar-refractivity contribution in [3.05, 3.63) is 0 Å². The summed E-state index contributed by atoms with van der Waals surface area (Å²) in [7, 11) is 0. The van der Waals surface area contributed by atoms with Crippen LogP contribution in [0, 0.1) is 0 Å². The van der Waals surface area contributed by atoms with E-state index in [0.717, 1.165) is 9.80 Å². The first-order chi connectivity index (χ1) is 11.7. The van der Waals surface area contributed by atoms with Crippen LogP contribution < -0.4 is 5.32 Å². The first-order valence-electron chi connectivity index (χ1n) is 8.03. The van der Waals surface area contributed by atoms with Gasteiger partial charge in [0.05, 0.1) is 0 Å². The number of amides is 4. The second kappa shape index (κ2) is 9.00. The number of aliphatic carboxylic acids is 1. The molecule has 1 fully saturated rings. The molecule has 0 aromatic heterocycles. The number of nitrogens with zero attached hydrogens (tertiary/aromatic N) is 3. The topological polar surface area (TPSA) is 127 Å². The van der Waals surface area contributed by atoms with E-state index in [4.69, 9.17) is 5.11 Å². The number of carbonyl (C=O) groups excluding carboxylic acids is 4. The van der Waals surface area contributed by atoms with Crippen molar-refractivity contribution in [2.75, 3.05) is 39.3 Å². The molecule has 10 heteroatoms. The van der Waals surface area contributed by atoms with Crippen LogP contribution in [0.2, 0.25) is 0 Å². The van der Waals surface area contributed by atoms with Gasteiger partial charge >= 0.3 is 17.8 Å². The van der Waals surface area contributed by atoms with Gasteiger partial charge in [-0.1, -0.05) is 0 Å². The normalized spacial score (nSPS) is 15.8. The van der Waals surface area contributed by atoms with Gasteiger partial charge in [-0.3, -0.25) is 19.2 Å². The molecule has 1 aliphatic rings.